The number of nitrogens with zero attached hydrogens (tertiary/aromatic N) is 2. The molecule has 0 radical (unpaired) electrons. The van der Waals surface area contributed by atoms with Crippen LogP contribution in [0, 0.1) is 0 Å². The third-order valence-corrected chi connectivity index (χ3v) is 3.34. The smallest absolute Gasteiger partial charge is 0.323 e. The standard InChI is InChI=1S/C12H11BrF3N3/c1-7(17)11-5-18-6-19(11)10-4-8(12(14,15)16)2-3-9(10)13/h2-7H,17H2,1H3. The van der Waals surface area contributed by atoms with Crippen molar-refractivity contribution in [2.24, 2.45) is 5.73 Å². The van der Waals surface area contributed by atoms with Crippen LogP contribution in [-0.4, -0.2) is 9.55 Å². The van der Waals surface area contributed by atoms with E-state index < -0.39 is 11.7 Å². The van der Waals surface area contributed by atoms with Gasteiger partial charge in [-0.3, -0.25) is 0 Å². The zero-order valence-electron chi connectivity index (χ0n) is 9.95. The lowest BCUT2D eigenvalue weighted by Gasteiger charge is -2.15. The zero-order valence-corrected chi connectivity index (χ0v) is 11.5. The van der Waals surface area contributed by atoms with Gasteiger partial charge in [-0.15, -0.1) is 0 Å². The number of alkyl halides is 3. The molecule has 1 aromatic heterocycles. The van der Waals surface area contributed by atoms with Crippen molar-refractivity contribution in [3.05, 3.63) is 46.5 Å². The van der Waals surface area contributed by atoms with Crippen LogP contribution >= 0.6 is 15.9 Å². The molecule has 0 aliphatic heterocycles. The maximum atomic E-state index is 12.7. The van der Waals surface area contributed by atoms with Crippen molar-refractivity contribution in [3.8, 4) is 5.69 Å². The molecule has 102 valence electrons. The van der Waals surface area contributed by atoms with Gasteiger partial charge in [-0.05, 0) is 41.1 Å². The summed E-state index contributed by atoms with van der Waals surface area (Å²) in [6.45, 7) is 1.75. The summed E-state index contributed by atoms with van der Waals surface area (Å²) in [5.74, 6) is 0. The quantitative estimate of drug-likeness (QED) is 0.911. The first kappa shape index (κ1) is 14.1. The summed E-state index contributed by atoms with van der Waals surface area (Å²) >= 11 is 3.25. The number of hydrogen-bond donors (Lipinski definition) is 1. The van der Waals surface area contributed by atoms with Crippen molar-refractivity contribution < 1.29 is 13.2 Å². The Labute approximate surface area is 116 Å². The highest BCUT2D eigenvalue weighted by molar-refractivity contribution is 9.10. The molecule has 0 fully saturated rings. The Kier molecular flexibility index (Phi) is 3.69. The number of hydrogen-bond acceptors (Lipinski definition) is 2. The molecule has 0 aliphatic carbocycles. The van der Waals surface area contributed by atoms with Crippen molar-refractivity contribution in [2.45, 2.75) is 19.1 Å². The van der Waals surface area contributed by atoms with Crippen LogP contribution in [-0.2, 0) is 6.18 Å². The highest BCUT2D eigenvalue weighted by Gasteiger charge is 2.31. The van der Waals surface area contributed by atoms with Crippen LogP contribution in [0.5, 0.6) is 0 Å². The number of imidazole rings is 1. The minimum Gasteiger partial charge on any atom is -0.323 e. The molecule has 0 bridgehead atoms. The van der Waals surface area contributed by atoms with Gasteiger partial charge in [0.25, 0.3) is 0 Å². The molecule has 1 aromatic carbocycles. The van der Waals surface area contributed by atoms with E-state index in [9.17, 15) is 13.2 Å². The molecule has 19 heavy (non-hydrogen) atoms. The van der Waals surface area contributed by atoms with E-state index >= 15 is 0 Å². The predicted octanol–water partition coefficient (Wildman–Crippen LogP) is 3.67. The van der Waals surface area contributed by atoms with Crippen molar-refractivity contribution in [1.29, 1.82) is 0 Å². The van der Waals surface area contributed by atoms with Gasteiger partial charge in [0.1, 0.15) is 0 Å². The zero-order chi connectivity index (χ0) is 14.2. The van der Waals surface area contributed by atoms with Gasteiger partial charge >= 0.3 is 6.18 Å². The maximum absolute atomic E-state index is 12.7. The van der Waals surface area contributed by atoms with E-state index in [0.29, 0.717) is 15.9 Å². The lowest BCUT2D eigenvalue weighted by Crippen LogP contribution is -2.12. The van der Waals surface area contributed by atoms with Gasteiger partial charge in [-0.25, -0.2) is 4.98 Å². The van der Waals surface area contributed by atoms with Gasteiger partial charge in [0.2, 0.25) is 0 Å². The highest BCUT2D eigenvalue weighted by atomic mass is 79.9. The molecule has 2 aromatic rings. The highest BCUT2D eigenvalue weighted by Crippen LogP contribution is 2.33. The Morgan fingerprint density at radius 3 is 2.63 bits per heavy atom. The first-order valence-electron chi connectivity index (χ1n) is 5.45. The molecule has 1 atom stereocenters. The second kappa shape index (κ2) is 4.97. The van der Waals surface area contributed by atoms with Crippen LogP contribution < -0.4 is 5.73 Å². The predicted molar refractivity (Wildman–Crippen MR) is 68.9 cm³/mol. The molecule has 2 rings (SSSR count). The number of halogens is 4. The first-order valence-corrected chi connectivity index (χ1v) is 6.25. The molecule has 2 N–H and O–H groups in total. The van der Waals surface area contributed by atoms with Gasteiger partial charge < -0.3 is 10.3 Å². The fourth-order valence-electron chi connectivity index (χ4n) is 1.72. The minimum atomic E-state index is -4.38. The molecule has 3 nitrogen and oxygen atoms in total. The van der Waals surface area contributed by atoms with Crippen molar-refractivity contribution in [3.63, 3.8) is 0 Å². The molecule has 0 amide bonds. The summed E-state index contributed by atoms with van der Waals surface area (Å²) < 4.78 is 40.3. The number of aromatic nitrogens is 2. The average Bonchev–Trinajstić information content (AvgIpc) is 2.76. The molecule has 1 unspecified atom stereocenters. The Balaban J connectivity index is 2.58. The summed E-state index contributed by atoms with van der Waals surface area (Å²) in [5, 5.41) is 0. The van der Waals surface area contributed by atoms with E-state index in [-0.39, 0.29) is 6.04 Å². The largest absolute Gasteiger partial charge is 0.416 e. The fraction of sp³-hybridized carbons (Fsp3) is 0.250. The summed E-state index contributed by atoms with van der Waals surface area (Å²) in [4.78, 5) is 3.93. The van der Waals surface area contributed by atoms with Crippen LogP contribution in [0.1, 0.15) is 24.2 Å². The van der Waals surface area contributed by atoms with E-state index in [1.54, 1.807) is 11.5 Å². The van der Waals surface area contributed by atoms with E-state index in [0.717, 1.165) is 12.1 Å². The Bertz CT molecular complexity index is 590. The minimum absolute atomic E-state index is 0.330. The van der Waals surface area contributed by atoms with Crippen molar-refractivity contribution in [1.82, 2.24) is 9.55 Å². The third kappa shape index (κ3) is 2.82. The summed E-state index contributed by atoms with van der Waals surface area (Å²) in [5.41, 5.74) is 6.06. The second-order valence-corrected chi connectivity index (χ2v) is 5.00. The van der Waals surface area contributed by atoms with E-state index in [1.807, 2.05) is 0 Å². The van der Waals surface area contributed by atoms with Gasteiger partial charge in [0.05, 0.1) is 29.5 Å². The molecule has 0 saturated heterocycles. The maximum Gasteiger partial charge on any atom is 0.416 e. The number of benzene rings is 1. The van der Waals surface area contributed by atoms with Crippen LogP contribution in [0.3, 0.4) is 0 Å². The molecule has 0 spiro atoms. The van der Waals surface area contributed by atoms with Gasteiger partial charge in [-0.2, -0.15) is 13.2 Å². The van der Waals surface area contributed by atoms with E-state index in [2.05, 4.69) is 20.9 Å². The van der Waals surface area contributed by atoms with Crippen LogP contribution in [0.15, 0.2) is 35.2 Å². The Morgan fingerprint density at radius 1 is 1.37 bits per heavy atom. The normalized spacial score (nSPS) is 13.6. The molecule has 1 heterocycles. The summed E-state index contributed by atoms with van der Waals surface area (Å²) in [6.07, 6.45) is -1.40. The topological polar surface area (TPSA) is 43.8 Å². The second-order valence-electron chi connectivity index (χ2n) is 4.14. The van der Waals surface area contributed by atoms with Crippen LogP contribution in [0.25, 0.3) is 5.69 Å². The van der Waals surface area contributed by atoms with Gasteiger partial charge in [0, 0.05) is 10.5 Å². The lowest BCUT2D eigenvalue weighted by atomic mass is 10.2. The molecule has 0 saturated carbocycles. The monoisotopic (exact) mass is 333 g/mol. The first-order chi connectivity index (χ1) is 8.80. The third-order valence-electron chi connectivity index (χ3n) is 2.67. The van der Waals surface area contributed by atoms with E-state index in [4.69, 9.17) is 5.73 Å². The molecular weight excluding hydrogens is 323 g/mol. The fourth-order valence-corrected chi connectivity index (χ4v) is 2.15. The molecular formula is C12H11BrF3N3. The average molecular weight is 334 g/mol. The molecule has 7 heteroatoms. The summed E-state index contributed by atoms with van der Waals surface area (Å²) in [7, 11) is 0. The SMILES string of the molecule is CC(N)c1cncn1-c1cc(C(F)(F)F)ccc1Br. The van der Waals surface area contributed by atoms with Crippen molar-refractivity contribution >= 4 is 15.9 Å². The van der Waals surface area contributed by atoms with Crippen LogP contribution in [0.4, 0.5) is 13.2 Å². The van der Waals surface area contributed by atoms with Crippen molar-refractivity contribution in [2.75, 3.05) is 0 Å². The summed E-state index contributed by atoms with van der Waals surface area (Å²) in [6, 6.07) is 3.13. The molecule has 0 aliphatic rings. The number of nitrogens with two attached hydrogens (primary N) is 1. The van der Waals surface area contributed by atoms with E-state index in [1.165, 1.54) is 18.6 Å². The number of rotatable bonds is 2. The Morgan fingerprint density at radius 2 is 2.05 bits per heavy atom. The van der Waals surface area contributed by atoms with Gasteiger partial charge in [0.15, 0.2) is 0 Å². The van der Waals surface area contributed by atoms with Crippen LogP contribution in [0.2, 0.25) is 0 Å². The van der Waals surface area contributed by atoms with Gasteiger partial charge in [-0.1, -0.05) is 0 Å². The lowest BCUT2D eigenvalue weighted by molar-refractivity contribution is -0.137. The Hall–Kier alpha value is -1.34.